The minimum atomic E-state index is -0.189. The van der Waals surface area contributed by atoms with E-state index in [0.29, 0.717) is 6.67 Å². The normalized spacial score (nSPS) is 24.2. The van der Waals surface area contributed by atoms with E-state index < -0.39 is 0 Å². The number of hydrogen-bond acceptors (Lipinski definition) is 4. The van der Waals surface area contributed by atoms with Gasteiger partial charge in [0, 0.05) is 36.2 Å². The van der Waals surface area contributed by atoms with Gasteiger partial charge < -0.3 is 5.73 Å². The highest BCUT2D eigenvalue weighted by Gasteiger charge is 2.46. The van der Waals surface area contributed by atoms with Crippen LogP contribution in [0.3, 0.4) is 0 Å². The molecule has 2 saturated heterocycles. The van der Waals surface area contributed by atoms with Gasteiger partial charge in [0.25, 0.3) is 5.56 Å². The van der Waals surface area contributed by atoms with Crippen molar-refractivity contribution in [3.8, 4) is 5.69 Å². The van der Waals surface area contributed by atoms with Gasteiger partial charge in [-0.05, 0) is 36.8 Å². The maximum absolute atomic E-state index is 12.6. The van der Waals surface area contributed by atoms with Crippen LogP contribution in [0.4, 0.5) is 5.69 Å². The molecule has 0 bridgehead atoms. The van der Waals surface area contributed by atoms with Crippen molar-refractivity contribution in [3.63, 3.8) is 0 Å². The zero-order chi connectivity index (χ0) is 16.0. The van der Waals surface area contributed by atoms with Gasteiger partial charge in [0.15, 0.2) is 0 Å². The van der Waals surface area contributed by atoms with Gasteiger partial charge in [0.05, 0.1) is 6.67 Å². The molecule has 118 valence electrons. The van der Waals surface area contributed by atoms with Crippen molar-refractivity contribution in [2.75, 3.05) is 18.1 Å². The molecular formula is C17H18N4O2. The minimum absolute atomic E-state index is 0.0691. The molecule has 2 fully saturated rings. The van der Waals surface area contributed by atoms with Gasteiger partial charge in [-0.2, -0.15) is 0 Å². The number of carbonyl (C=O) groups excluding carboxylic acids is 1. The number of aromatic nitrogens is 1. The Morgan fingerprint density at radius 1 is 1.00 bits per heavy atom. The van der Waals surface area contributed by atoms with Gasteiger partial charge in [-0.15, -0.1) is 0 Å². The molecule has 2 atom stereocenters. The third-order valence-corrected chi connectivity index (χ3v) is 4.65. The number of nitrogens with two attached hydrogens (primary N) is 1. The molecule has 6 nitrogen and oxygen atoms in total. The number of anilines is 1. The summed E-state index contributed by atoms with van der Waals surface area (Å²) in [6.07, 6.45) is 2.60. The standard InChI is InChI=1S/C17H18N4O2/c18-14-8-10-19-11-21(17(23)16(14)19)13-6-4-12(5-7-13)20-9-2-1-3-15(20)22/h1-7,9,14,16H,8,10-11,18H2/t14-,16+/m1/s1. The number of carbonyl (C=O) groups is 1. The molecule has 0 saturated carbocycles. The molecule has 0 spiro atoms. The Bertz CT molecular complexity index is 799. The van der Waals surface area contributed by atoms with Crippen molar-refractivity contribution < 1.29 is 4.79 Å². The van der Waals surface area contributed by atoms with E-state index in [9.17, 15) is 9.59 Å². The van der Waals surface area contributed by atoms with Crippen molar-refractivity contribution in [3.05, 3.63) is 59.0 Å². The second kappa shape index (κ2) is 5.33. The van der Waals surface area contributed by atoms with Crippen LogP contribution in [0.5, 0.6) is 0 Å². The molecule has 1 aromatic heterocycles. The summed E-state index contributed by atoms with van der Waals surface area (Å²) in [6, 6.07) is 12.2. The largest absolute Gasteiger partial charge is 0.326 e. The Hall–Kier alpha value is -2.44. The first-order valence-electron chi connectivity index (χ1n) is 7.74. The summed E-state index contributed by atoms with van der Waals surface area (Å²) in [7, 11) is 0. The van der Waals surface area contributed by atoms with E-state index in [-0.39, 0.29) is 23.6 Å². The molecule has 0 radical (unpaired) electrons. The molecule has 0 aliphatic carbocycles. The van der Waals surface area contributed by atoms with Crippen LogP contribution in [0, 0.1) is 0 Å². The molecule has 2 aliphatic rings. The van der Waals surface area contributed by atoms with E-state index in [0.717, 1.165) is 24.3 Å². The maximum Gasteiger partial charge on any atom is 0.255 e. The summed E-state index contributed by atoms with van der Waals surface area (Å²) in [5, 5.41) is 0. The van der Waals surface area contributed by atoms with Crippen LogP contribution in [0.15, 0.2) is 53.5 Å². The predicted octanol–water partition coefficient (Wildman–Crippen LogP) is 0.543. The first-order valence-corrected chi connectivity index (χ1v) is 7.74. The number of nitrogens with zero attached hydrogens (tertiary/aromatic N) is 3. The molecule has 4 rings (SSSR count). The van der Waals surface area contributed by atoms with E-state index in [1.54, 1.807) is 21.7 Å². The number of fused-ring (bicyclic) bond motifs is 1. The van der Waals surface area contributed by atoms with E-state index >= 15 is 0 Å². The fraction of sp³-hybridized carbons (Fsp3) is 0.294. The van der Waals surface area contributed by atoms with Crippen LogP contribution in [0.1, 0.15) is 6.42 Å². The lowest BCUT2D eigenvalue weighted by atomic mass is 10.1. The summed E-state index contributed by atoms with van der Waals surface area (Å²) in [5.74, 6) is 0.0691. The molecule has 2 N–H and O–H groups in total. The summed E-state index contributed by atoms with van der Waals surface area (Å²) in [5.41, 5.74) is 7.58. The highest BCUT2D eigenvalue weighted by atomic mass is 16.2. The SMILES string of the molecule is N[C@@H]1CCN2CN(c3ccc(-n4ccccc4=O)cc3)C(=O)[C@H]12. The fourth-order valence-corrected chi connectivity index (χ4v) is 3.43. The van der Waals surface area contributed by atoms with E-state index in [1.807, 2.05) is 30.3 Å². The minimum Gasteiger partial charge on any atom is -0.326 e. The number of pyridine rings is 1. The Kier molecular flexibility index (Phi) is 3.28. The van der Waals surface area contributed by atoms with E-state index in [1.165, 1.54) is 6.07 Å². The van der Waals surface area contributed by atoms with Gasteiger partial charge in [-0.1, -0.05) is 6.07 Å². The van der Waals surface area contributed by atoms with Crippen molar-refractivity contribution in [2.24, 2.45) is 5.73 Å². The average molecular weight is 310 g/mol. The summed E-state index contributed by atoms with van der Waals surface area (Å²) in [6.45, 7) is 1.45. The molecule has 2 aliphatic heterocycles. The predicted molar refractivity (Wildman–Crippen MR) is 87.5 cm³/mol. The highest BCUT2D eigenvalue weighted by Crippen LogP contribution is 2.29. The fourth-order valence-electron chi connectivity index (χ4n) is 3.43. The molecule has 3 heterocycles. The molecule has 23 heavy (non-hydrogen) atoms. The van der Waals surface area contributed by atoms with E-state index in [4.69, 9.17) is 5.73 Å². The Balaban J connectivity index is 1.61. The Morgan fingerprint density at radius 2 is 1.74 bits per heavy atom. The van der Waals surface area contributed by atoms with Gasteiger partial charge >= 0.3 is 0 Å². The van der Waals surface area contributed by atoms with Crippen molar-refractivity contribution in [2.45, 2.75) is 18.5 Å². The van der Waals surface area contributed by atoms with E-state index in [2.05, 4.69) is 4.90 Å². The smallest absolute Gasteiger partial charge is 0.255 e. The van der Waals surface area contributed by atoms with Gasteiger partial charge in [0.1, 0.15) is 6.04 Å². The maximum atomic E-state index is 12.6. The van der Waals surface area contributed by atoms with Crippen LogP contribution < -0.4 is 16.2 Å². The first kappa shape index (κ1) is 14.2. The van der Waals surface area contributed by atoms with Gasteiger partial charge in [0.2, 0.25) is 5.91 Å². The Labute approximate surface area is 133 Å². The van der Waals surface area contributed by atoms with Crippen LogP contribution >= 0.6 is 0 Å². The lowest BCUT2D eigenvalue weighted by Crippen LogP contribution is -2.41. The highest BCUT2D eigenvalue weighted by molar-refractivity contribution is 6.00. The summed E-state index contributed by atoms with van der Waals surface area (Å²) in [4.78, 5) is 28.3. The van der Waals surface area contributed by atoms with Crippen LogP contribution in [-0.4, -0.2) is 40.7 Å². The molecule has 2 aromatic rings. The summed E-state index contributed by atoms with van der Waals surface area (Å²) >= 11 is 0. The molecule has 6 heteroatoms. The molecule has 0 unspecified atom stereocenters. The quantitative estimate of drug-likeness (QED) is 0.879. The lowest BCUT2D eigenvalue weighted by molar-refractivity contribution is -0.119. The second-order valence-electron chi connectivity index (χ2n) is 6.04. The van der Waals surface area contributed by atoms with Crippen LogP contribution in [0.2, 0.25) is 0 Å². The second-order valence-corrected chi connectivity index (χ2v) is 6.04. The number of hydrogen-bond donors (Lipinski definition) is 1. The summed E-state index contributed by atoms with van der Waals surface area (Å²) < 4.78 is 1.57. The van der Waals surface area contributed by atoms with Gasteiger partial charge in [-0.3, -0.25) is 24.0 Å². The molecular weight excluding hydrogens is 292 g/mol. The van der Waals surface area contributed by atoms with Crippen molar-refractivity contribution in [1.82, 2.24) is 9.47 Å². The molecule has 1 amide bonds. The lowest BCUT2D eigenvalue weighted by Gasteiger charge is -2.18. The van der Waals surface area contributed by atoms with Crippen LogP contribution in [0.25, 0.3) is 5.69 Å². The molecule has 1 aromatic carbocycles. The van der Waals surface area contributed by atoms with Crippen molar-refractivity contribution in [1.29, 1.82) is 0 Å². The van der Waals surface area contributed by atoms with Crippen molar-refractivity contribution >= 4 is 11.6 Å². The zero-order valence-corrected chi connectivity index (χ0v) is 12.6. The number of benzene rings is 1. The Morgan fingerprint density at radius 3 is 2.43 bits per heavy atom. The van der Waals surface area contributed by atoms with Crippen LogP contribution in [-0.2, 0) is 4.79 Å². The van der Waals surface area contributed by atoms with Gasteiger partial charge in [-0.25, -0.2) is 0 Å². The monoisotopic (exact) mass is 310 g/mol. The average Bonchev–Trinajstić information content (AvgIpc) is 3.09. The first-order chi connectivity index (χ1) is 11.1. The zero-order valence-electron chi connectivity index (χ0n) is 12.6. The number of amides is 1. The number of rotatable bonds is 2. The third-order valence-electron chi connectivity index (χ3n) is 4.65. The topological polar surface area (TPSA) is 71.6 Å². The third kappa shape index (κ3) is 2.27.